The number of aromatic nitrogens is 1. The van der Waals surface area contributed by atoms with Crippen molar-refractivity contribution < 1.29 is 9.59 Å². The van der Waals surface area contributed by atoms with Crippen LogP contribution in [0.25, 0.3) is 0 Å². The summed E-state index contributed by atoms with van der Waals surface area (Å²) in [4.78, 5) is 26.7. The molecule has 22 heavy (non-hydrogen) atoms. The largest absolute Gasteiger partial charge is 0.384 e. The van der Waals surface area contributed by atoms with E-state index in [0.717, 1.165) is 11.1 Å². The molecule has 0 aliphatic heterocycles. The molecule has 0 atom stereocenters. The van der Waals surface area contributed by atoms with Crippen LogP contribution in [0, 0.1) is 6.42 Å². The van der Waals surface area contributed by atoms with E-state index in [9.17, 15) is 9.59 Å². The maximum Gasteiger partial charge on any atom is 0.248 e. The van der Waals surface area contributed by atoms with Crippen molar-refractivity contribution in [1.29, 1.82) is 0 Å². The van der Waals surface area contributed by atoms with Gasteiger partial charge < -0.3 is 16.8 Å². The van der Waals surface area contributed by atoms with Gasteiger partial charge in [0.15, 0.2) is 0 Å². The highest BCUT2D eigenvalue weighted by Crippen LogP contribution is 2.06. The van der Waals surface area contributed by atoms with Gasteiger partial charge in [-0.05, 0) is 35.7 Å². The van der Waals surface area contributed by atoms with E-state index >= 15 is 0 Å². The second-order valence-electron chi connectivity index (χ2n) is 4.78. The minimum absolute atomic E-state index is 0.171. The minimum Gasteiger partial charge on any atom is -0.384 e. The van der Waals surface area contributed by atoms with Gasteiger partial charge in [-0.3, -0.25) is 9.59 Å². The average Bonchev–Trinajstić information content (AvgIpc) is 2.52. The molecule has 0 fully saturated rings. The summed E-state index contributed by atoms with van der Waals surface area (Å²) in [6, 6.07) is 10.3. The molecule has 0 aliphatic carbocycles. The molecule has 6 heteroatoms. The third-order valence-electron chi connectivity index (χ3n) is 3.08. The van der Waals surface area contributed by atoms with E-state index in [-0.39, 0.29) is 5.91 Å². The predicted molar refractivity (Wildman–Crippen MR) is 83.5 cm³/mol. The zero-order chi connectivity index (χ0) is 15.9. The monoisotopic (exact) mass is 297 g/mol. The SMILES string of the molecule is NC(=O)c1ccc(C[CH]C(=O)NCc2ccc(N)nc2)cc1. The highest BCUT2D eigenvalue weighted by atomic mass is 16.1. The Kier molecular flexibility index (Phi) is 5.08. The van der Waals surface area contributed by atoms with Crippen LogP contribution >= 0.6 is 0 Å². The fraction of sp³-hybridized carbons (Fsp3) is 0.125. The molecule has 1 heterocycles. The molecular formula is C16H17N4O2. The molecule has 0 unspecified atom stereocenters. The summed E-state index contributed by atoms with van der Waals surface area (Å²) < 4.78 is 0. The summed E-state index contributed by atoms with van der Waals surface area (Å²) in [6.45, 7) is 0.392. The number of amides is 2. The Bertz CT molecular complexity index is 651. The number of anilines is 1. The van der Waals surface area contributed by atoms with Crippen molar-refractivity contribution in [3.05, 3.63) is 65.7 Å². The lowest BCUT2D eigenvalue weighted by atomic mass is 10.1. The number of benzene rings is 1. The minimum atomic E-state index is -0.467. The number of rotatable bonds is 6. The molecule has 0 aliphatic rings. The Morgan fingerprint density at radius 2 is 1.77 bits per heavy atom. The van der Waals surface area contributed by atoms with Crippen molar-refractivity contribution in [2.24, 2.45) is 5.73 Å². The predicted octanol–water partition coefficient (Wildman–Crippen LogP) is 0.826. The van der Waals surface area contributed by atoms with Crippen LogP contribution in [-0.2, 0) is 17.8 Å². The van der Waals surface area contributed by atoms with Crippen molar-refractivity contribution >= 4 is 17.6 Å². The normalized spacial score (nSPS) is 10.2. The molecule has 1 radical (unpaired) electrons. The van der Waals surface area contributed by atoms with Crippen molar-refractivity contribution in [1.82, 2.24) is 10.3 Å². The van der Waals surface area contributed by atoms with Crippen molar-refractivity contribution in [3.8, 4) is 0 Å². The standard InChI is InChI=1S/C16H17N4O2/c17-14-7-3-12(9-19-14)10-20-15(21)8-4-11-1-5-13(6-2-11)16(18)22/h1-3,5-9H,4,10H2,(H2,17,19)(H2,18,22)(H,20,21). The summed E-state index contributed by atoms with van der Waals surface area (Å²) in [7, 11) is 0. The third-order valence-corrected chi connectivity index (χ3v) is 3.08. The van der Waals surface area contributed by atoms with Gasteiger partial charge in [-0.2, -0.15) is 0 Å². The Hall–Kier alpha value is -2.89. The first-order valence-electron chi connectivity index (χ1n) is 6.75. The molecule has 113 valence electrons. The second-order valence-corrected chi connectivity index (χ2v) is 4.78. The Balaban J connectivity index is 1.77. The highest BCUT2D eigenvalue weighted by molar-refractivity contribution is 5.92. The van der Waals surface area contributed by atoms with Gasteiger partial charge in [-0.15, -0.1) is 0 Å². The number of hydrogen-bond donors (Lipinski definition) is 3. The number of nitrogens with zero attached hydrogens (tertiary/aromatic N) is 1. The van der Waals surface area contributed by atoms with Crippen LogP contribution in [-0.4, -0.2) is 16.8 Å². The quantitative estimate of drug-likeness (QED) is 0.733. The molecule has 2 aromatic rings. The maximum atomic E-state index is 11.7. The van der Waals surface area contributed by atoms with Crippen molar-refractivity contribution in [2.75, 3.05) is 5.73 Å². The van der Waals surface area contributed by atoms with Crippen molar-refractivity contribution in [3.63, 3.8) is 0 Å². The number of hydrogen-bond acceptors (Lipinski definition) is 4. The first kappa shape index (κ1) is 15.5. The molecule has 6 nitrogen and oxygen atoms in total. The van der Waals surface area contributed by atoms with E-state index < -0.39 is 5.91 Å². The second kappa shape index (κ2) is 7.21. The topological polar surface area (TPSA) is 111 Å². The van der Waals surface area contributed by atoms with Gasteiger partial charge in [-0.25, -0.2) is 4.98 Å². The van der Waals surface area contributed by atoms with Crippen LogP contribution in [0.4, 0.5) is 5.82 Å². The fourth-order valence-electron chi connectivity index (χ4n) is 1.82. The number of nitrogens with one attached hydrogen (secondary N) is 1. The number of carbonyl (C=O) groups excluding carboxylic acids is 2. The first-order valence-corrected chi connectivity index (χ1v) is 6.75. The van der Waals surface area contributed by atoms with Gasteiger partial charge in [-0.1, -0.05) is 18.2 Å². The fourth-order valence-corrected chi connectivity index (χ4v) is 1.82. The summed E-state index contributed by atoms with van der Waals surface area (Å²) in [6.07, 6.45) is 3.65. The van der Waals surface area contributed by atoms with E-state index in [1.165, 1.54) is 0 Å². The molecule has 2 amide bonds. The number of pyridine rings is 1. The Morgan fingerprint density at radius 1 is 1.09 bits per heavy atom. The zero-order valence-corrected chi connectivity index (χ0v) is 12.0. The summed E-state index contributed by atoms with van der Waals surface area (Å²) in [5.74, 6) is -0.192. The Morgan fingerprint density at radius 3 is 2.36 bits per heavy atom. The number of nitrogens with two attached hydrogens (primary N) is 2. The number of nitrogen functional groups attached to an aromatic ring is 1. The molecule has 5 N–H and O–H groups in total. The number of primary amides is 1. The first-order chi connectivity index (χ1) is 10.5. The van der Waals surface area contributed by atoms with Gasteiger partial charge in [0, 0.05) is 18.3 Å². The van der Waals surface area contributed by atoms with Gasteiger partial charge in [0.25, 0.3) is 0 Å². The van der Waals surface area contributed by atoms with E-state index in [2.05, 4.69) is 10.3 Å². The lowest BCUT2D eigenvalue weighted by Crippen LogP contribution is -2.23. The molecule has 0 bridgehead atoms. The van der Waals surface area contributed by atoms with E-state index in [1.807, 2.05) is 6.07 Å². The zero-order valence-electron chi connectivity index (χ0n) is 12.0. The van der Waals surface area contributed by atoms with Crippen LogP contribution in [0.15, 0.2) is 42.6 Å². The molecule has 0 saturated carbocycles. The van der Waals surface area contributed by atoms with Gasteiger partial charge in [0.2, 0.25) is 11.8 Å². The molecular weight excluding hydrogens is 280 g/mol. The summed E-state index contributed by atoms with van der Waals surface area (Å²) in [5, 5.41) is 2.77. The van der Waals surface area contributed by atoms with Crippen molar-refractivity contribution in [2.45, 2.75) is 13.0 Å². The molecule has 1 aromatic carbocycles. The Labute approximate surface area is 128 Å². The molecule has 1 aromatic heterocycles. The average molecular weight is 297 g/mol. The van der Waals surface area contributed by atoms with Crippen LogP contribution in [0.3, 0.4) is 0 Å². The van der Waals surface area contributed by atoms with Crippen LogP contribution in [0.5, 0.6) is 0 Å². The maximum absolute atomic E-state index is 11.7. The summed E-state index contributed by atoms with van der Waals surface area (Å²) in [5.41, 5.74) is 12.9. The van der Waals surface area contributed by atoms with Gasteiger partial charge in [0.1, 0.15) is 5.82 Å². The lowest BCUT2D eigenvalue weighted by Gasteiger charge is -2.05. The van der Waals surface area contributed by atoms with Gasteiger partial charge >= 0.3 is 0 Å². The molecule has 0 spiro atoms. The van der Waals surface area contributed by atoms with E-state index in [4.69, 9.17) is 11.5 Å². The third kappa shape index (κ3) is 4.59. The smallest absolute Gasteiger partial charge is 0.248 e. The molecule has 0 saturated heterocycles. The highest BCUT2D eigenvalue weighted by Gasteiger charge is 2.04. The van der Waals surface area contributed by atoms with Crippen LogP contribution < -0.4 is 16.8 Å². The number of carbonyl (C=O) groups is 2. The van der Waals surface area contributed by atoms with Crippen LogP contribution in [0.1, 0.15) is 21.5 Å². The van der Waals surface area contributed by atoms with Gasteiger partial charge in [0.05, 0.1) is 6.42 Å². The van der Waals surface area contributed by atoms with E-state index in [0.29, 0.717) is 24.3 Å². The lowest BCUT2D eigenvalue weighted by molar-refractivity contribution is -0.118. The summed E-state index contributed by atoms with van der Waals surface area (Å²) >= 11 is 0. The van der Waals surface area contributed by atoms with E-state index in [1.54, 1.807) is 42.9 Å². The molecule has 2 rings (SSSR count). The van der Waals surface area contributed by atoms with Crippen LogP contribution in [0.2, 0.25) is 0 Å².